The van der Waals surface area contributed by atoms with Crippen LogP contribution in [0.4, 0.5) is 5.69 Å². The molecule has 0 aromatic heterocycles. The smallest absolute Gasteiger partial charge is 0.258 e. The van der Waals surface area contributed by atoms with Crippen LogP contribution in [-0.2, 0) is 10.0 Å². The Morgan fingerprint density at radius 3 is 2.81 bits per heavy atom. The summed E-state index contributed by atoms with van der Waals surface area (Å²) in [5.74, 6) is 0.349. The Bertz CT molecular complexity index is 648. The standard InChI is InChI=1S/C13H17ClN2O4S/c1-2-3-10-6-7-15(9-10)21(19,20)13-8-11(16(17)18)4-5-12(13)14/h4-5,8,10H,2-3,6-7,9H2,1H3. The van der Waals surface area contributed by atoms with Gasteiger partial charge in [0.1, 0.15) is 4.90 Å². The van der Waals surface area contributed by atoms with Gasteiger partial charge in [0, 0.05) is 25.2 Å². The van der Waals surface area contributed by atoms with E-state index < -0.39 is 14.9 Å². The molecular weight excluding hydrogens is 316 g/mol. The number of nitro groups is 1. The van der Waals surface area contributed by atoms with Crippen molar-refractivity contribution in [3.8, 4) is 0 Å². The fourth-order valence-corrected chi connectivity index (χ4v) is 4.63. The van der Waals surface area contributed by atoms with Crippen LogP contribution in [0, 0.1) is 16.0 Å². The number of rotatable bonds is 5. The number of sulfonamides is 1. The molecule has 0 N–H and O–H groups in total. The molecule has 8 heteroatoms. The molecule has 1 saturated heterocycles. The maximum absolute atomic E-state index is 12.6. The van der Waals surface area contributed by atoms with E-state index in [4.69, 9.17) is 11.6 Å². The zero-order valence-corrected chi connectivity index (χ0v) is 13.2. The first-order chi connectivity index (χ1) is 9.86. The summed E-state index contributed by atoms with van der Waals surface area (Å²) in [5, 5.41) is 10.8. The van der Waals surface area contributed by atoms with E-state index in [2.05, 4.69) is 6.92 Å². The van der Waals surface area contributed by atoms with Crippen molar-refractivity contribution in [1.29, 1.82) is 0 Å². The normalized spacial score (nSPS) is 19.8. The molecule has 1 aliphatic rings. The zero-order valence-electron chi connectivity index (χ0n) is 11.7. The molecule has 6 nitrogen and oxygen atoms in total. The van der Waals surface area contributed by atoms with Gasteiger partial charge in [-0.25, -0.2) is 8.42 Å². The van der Waals surface area contributed by atoms with Crippen molar-refractivity contribution in [3.05, 3.63) is 33.3 Å². The van der Waals surface area contributed by atoms with Crippen LogP contribution in [0.1, 0.15) is 26.2 Å². The third-order valence-electron chi connectivity index (χ3n) is 3.69. The van der Waals surface area contributed by atoms with Crippen LogP contribution >= 0.6 is 11.6 Å². The first-order valence-electron chi connectivity index (χ1n) is 6.80. The summed E-state index contributed by atoms with van der Waals surface area (Å²) < 4.78 is 26.6. The van der Waals surface area contributed by atoms with Gasteiger partial charge < -0.3 is 0 Å². The summed E-state index contributed by atoms with van der Waals surface area (Å²) >= 11 is 5.93. The SMILES string of the molecule is CCCC1CCN(S(=O)(=O)c2cc([N+](=O)[O-])ccc2Cl)C1. The predicted molar refractivity (Wildman–Crippen MR) is 79.9 cm³/mol. The lowest BCUT2D eigenvalue weighted by molar-refractivity contribution is -0.385. The molecule has 1 fully saturated rings. The minimum absolute atomic E-state index is 0.0135. The maximum atomic E-state index is 12.6. The molecule has 0 spiro atoms. The lowest BCUT2D eigenvalue weighted by Gasteiger charge is -2.17. The minimum Gasteiger partial charge on any atom is -0.258 e. The lowest BCUT2D eigenvalue weighted by atomic mass is 10.0. The lowest BCUT2D eigenvalue weighted by Crippen LogP contribution is -2.29. The number of halogens is 1. The van der Waals surface area contributed by atoms with E-state index in [1.807, 2.05) is 0 Å². The van der Waals surface area contributed by atoms with Gasteiger partial charge >= 0.3 is 0 Å². The number of benzene rings is 1. The quantitative estimate of drug-likeness (QED) is 0.613. The van der Waals surface area contributed by atoms with E-state index in [1.165, 1.54) is 16.4 Å². The highest BCUT2D eigenvalue weighted by Crippen LogP contribution is 2.32. The van der Waals surface area contributed by atoms with Crippen molar-refractivity contribution in [3.63, 3.8) is 0 Å². The second-order valence-electron chi connectivity index (χ2n) is 5.18. The average Bonchev–Trinajstić information content (AvgIpc) is 2.88. The molecule has 1 unspecified atom stereocenters. The van der Waals surface area contributed by atoms with Crippen molar-refractivity contribution in [2.24, 2.45) is 5.92 Å². The van der Waals surface area contributed by atoms with Crippen molar-refractivity contribution < 1.29 is 13.3 Å². The van der Waals surface area contributed by atoms with Crippen molar-refractivity contribution >= 4 is 27.3 Å². The minimum atomic E-state index is -3.78. The predicted octanol–water partition coefficient (Wildman–Crippen LogP) is 3.06. The number of nitro benzene ring substituents is 1. The molecule has 116 valence electrons. The molecule has 0 amide bonds. The summed E-state index contributed by atoms with van der Waals surface area (Å²) in [5.41, 5.74) is -0.276. The Labute approximate surface area is 128 Å². The number of nitrogens with zero attached hydrogens (tertiary/aromatic N) is 2. The van der Waals surface area contributed by atoms with Gasteiger partial charge in [-0.2, -0.15) is 4.31 Å². The van der Waals surface area contributed by atoms with Crippen LogP contribution in [0.15, 0.2) is 23.1 Å². The van der Waals surface area contributed by atoms with E-state index >= 15 is 0 Å². The fraction of sp³-hybridized carbons (Fsp3) is 0.538. The number of hydrogen-bond acceptors (Lipinski definition) is 4. The fourth-order valence-electron chi connectivity index (χ4n) is 2.60. The van der Waals surface area contributed by atoms with Crippen LogP contribution in [0.5, 0.6) is 0 Å². The highest BCUT2D eigenvalue weighted by molar-refractivity contribution is 7.89. The first kappa shape index (κ1) is 16.2. The van der Waals surface area contributed by atoms with Gasteiger partial charge in [-0.3, -0.25) is 10.1 Å². The van der Waals surface area contributed by atoms with Crippen LogP contribution in [0.3, 0.4) is 0 Å². The third-order valence-corrected chi connectivity index (χ3v) is 6.04. The van der Waals surface area contributed by atoms with Crippen LogP contribution in [-0.4, -0.2) is 30.7 Å². The van der Waals surface area contributed by atoms with Gasteiger partial charge in [0.25, 0.3) is 5.69 Å². The van der Waals surface area contributed by atoms with Gasteiger partial charge in [0.15, 0.2) is 0 Å². The largest absolute Gasteiger partial charge is 0.270 e. The highest BCUT2D eigenvalue weighted by atomic mass is 35.5. The molecule has 1 aliphatic heterocycles. The molecule has 1 heterocycles. The van der Waals surface area contributed by atoms with E-state index in [9.17, 15) is 18.5 Å². The Morgan fingerprint density at radius 2 is 2.19 bits per heavy atom. The Balaban J connectivity index is 2.32. The molecule has 0 aliphatic carbocycles. The second-order valence-corrected chi connectivity index (χ2v) is 7.49. The molecular formula is C13H17ClN2O4S. The molecule has 21 heavy (non-hydrogen) atoms. The average molecular weight is 333 g/mol. The van der Waals surface area contributed by atoms with Crippen LogP contribution in [0.2, 0.25) is 5.02 Å². The summed E-state index contributed by atoms with van der Waals surface area (Å²) in [6, 6.07) is 3.49. The molecule has 1 aromatic rings. The van der Waals surface area contributed by atoms with Crippen LogP contribution in [0.25, 0.3) is 0 Å². The van der Waals surface area contributed by atoms with Gasteiger partial charge in [0.05, 0.1) is 9.95 Å². The second kappa shape index (κ2) is 6.29. The molecule has 2 rings (SSSR count). The van der Waals surface area contributed by atoms with E-state index in [1.54, 1.807) is 0 Å². The Kier molecular flexibility index (Phi) is 4.85. The third kappa shape index (κ3) is 3.36. The first-order valence-corrected chi connectivity index (χ1v) is 8.62. The number of hydrogen-bond donors (Lipinski definition) is 0. The zero-order chi connectivity index (χ0) is 15.6. The molecule has 1 aromatic carbocycles. The maximum Gasteiger partial charge on any atom is 0.270 e. The molecule has 0 bridgehead atoms. The Hall–Kier alpha value is -1.18. The summed E-state index contributed by atoms with van der Waals surface area (Å²) in [4.78, 5) is 9.99. The van der Waals surface area contributed by atoms with Crippen molar-refractivity contribution in [2.75, 3.05) is 13.1 Å². The van der Waals surface area contributed by atoms with Crippen molar-refractivity contribution in [2.45, 2.75) is 31.1 Å². The Morgan fingerprint density at radius 1 is 1.48 bits per heavy atom. The van der Waals surface area contributed by atoms with Gasteiger partial charge in [-0.05, 0) is 24.8 Å². The topological polar surface area (TPSA) is 80.5 Å². The molecule has 0 radical (unpaired) electrons. The van der Waals surface area contributed by atoms with Crippen LogP contribution < -0.4 is 0 Å². The summed E-state index contributed by atoms with van der Waals surface area (Å²) in [7, 11) is -3.78. The van der Waals surface area contributed by atoms with E-state index in [0.717, 1.165) is 25.3 Å². The monoisotopic (exact) mass is 332 g/mol. The highest BCUT2D eigenvalue weighted by Gasteiger charge is 2.34. The summed E-state index contributed by atoms with van der Waals surface area (Å²) in [6.07, 6.45) is 2.81. The van der Waals surface area contributed by atoms with Gasteiger partial charge in [-0.1, -0.05) is 24.9 Å². The van der Waals surface area contributed by atoms with Crippen molar-refractivity contribution in [1.82, 2.24) is 4.31 Å². The summed E-state index contributed by atoms with van der Waals surface area (Å²) in [6.45, 7) is 2.95. The molecule has 0 saturated carbocycles. The molecule has 1 atom stereocenters. The van der Waals surface area contributed by atoms with Gasteiger partial charge in [-0.15, -0.1) is 0 Å². The van der Waals surface area contributed by atoms with E-state index in [0.29, 0.717) is 19.0 Å². The van der Waals surface area contributed by atoms with E-state index in [-0.39, 0.29) is 15.6 Å². The van der Waals surface area contributed by atoms with Gasteiger partial charge in [0.2, 0.25) is 10.0 Å². The number of non-ortho nitro benzene ring substituents is 1.